The summed E-state index contributed by atoms with van der Waals surface area (Å²) >= 11 is 0. The van der Waals surface area contributed by atoms with Gasteiger partial charge >= 0.3 is 5.97 Å². The minimum absolute atomic E-state index is 0.0757. The summed E-state index contributed by atoms with van der Waals surface area (Å²) in [4.78, 5) is 23.5. The lowest BCUT2D eigenvalue weighted by Crippen LogP contribution is -2.47. The number of carbonyl (C=O) groups excluding carboxylic acids is 1. The van der Waals surface area contributed by atoms with Gasteiger partial charge in [-0.05, 0) is 29.5 Å². The third kappa shape index (κ3) is 5.92. The minimum Gasteiger partial charge on any atom is -0.480 e. The average Bonchev–Trinajstić information content (AvgIpc) is 2.52. The summed E-state index contributed by atoms with van der Waals surface area (Å²) in [5.74, 6) is -1.53. The van der Waals surface area contributed by atoms with E-state index in [9.17, 15) is 19.1 Å². The molecular formula is C18H27FN2O3. The Morgan fingerprint density at radius 3 is 2.21 bits per heavy atom. The zero-order valence-electron chi connectivity index (χ0n) is 14.7. The number of hydrogen-bond donors (Lipinski definition) is 3. The standard InChI is InChI=1S/C18H27FN2O3/c1-5-12(4)17(18(23)24)20-10-15(22)21-16(11(2)3)13-6-8-14(19)9-7-13/h6-9,11-12,16-17,20H,5,10H2,1-4H3,(H,21,22)(H,23,24)/t12-,16?,17-/m0/s1. The monoisotopic (exact) mass is 338 g/mol. The summed E-state index contributed by atoms with van der Waals surface area (Å²) in [5.41, 5.74) is 0.816. The van der Waals surface area contributed by atoms with Gasteiger partial charge in [0.15, 0.2) is 0 Å². The molecule has 3 N–H and O–H groups in total. The molecule has 1 aromatic carbocycles. The Morgan fingerprint density at radius 1 is 1.17 bits per heavy atom. The first-order valence-corrected chi connectivity index (χ1v) is 8.27. The first kappa shape index (κ1) is 20.1. The first-order valence-electron chi connectivity index (χ1n) is 8.27. The van der Waals surface area contributed by atoms with Gasteiger partial charge in [0.25, 0.3) is 0 Å². The molecular weight excluding hydrogens is 311 g/mol. The molecule has 5 nitrogen and oxygen atoms in total. The van der Waals surface area contributed by atoms with E-state index in [1.807, 2.05) is 27.7 Å². The molecule has 0 bridgehead atoms. The Balaban J connectivity index is 2.69. The van der Waals surface area contributed by atoms with Crippen LogP contribution in [-0.2, 0) is 9.59 Å². The number of nitrogens with one attached hydrogen (secondary N) is 2. The van der Waals surface area contributed by atoms with Crippen LogP contribution < -0.4 is 10.6 Å². The van der Waals surface area contributed by atoms with Gasteiger partial charge in [-0.15, -0.1) is 0 Å². The van der Waals surface area contributed by atoms with Gasteiger partial charge in [0.2, 0.25) is 5.91 Å². The Hall–Kier alpha value is -1.95. The van der Waals surface area contributed by atoms with Crippen molar-refractivity contribution in [2.24, 2.45) is 11.8 Å². The summed E-state index contributed by atoms with van der Waals surface area (Å²) in [7, 11) is 0. The van der Waals surface area contributed by atoms with E-state index in [4.69, 9.17) is 0 Å². The maximum atomic E-state index is 13.1. The molecule has 1 unspecified atom stereocenters. The smallest absolute Gasteiger partial charge is 0.320 e. The number of amides is 1. The normalized spacial score (nSPS) is 14.9. The van der Waals surface area contributed by atoms with E-state index in [1.54, 1.807) is 12.1 Å². The third-order valence-corrected chi connectivity index (χ3v) is 4.17. The number of aliphatic carboxylic acids is 1. The van der Waals surface area contributed by atoms with Gasteiger partial charge in [0, 0.05) is 0 Å². The van der Waals surface area contributed by atoms with Gasteiger partial charge in [-0.2, -0.15) is 0 Å². The molecule has 0 saturated carbocycles. The SMILES string of the molecule is CC[C@H](C)[C@H](NCC(=O)NC(c1ccc(F)cc1)C(C)C)C(=O)O. The number of halogens is 1. The van der Waals surface area contributed by atoms with Crippen LogP contribution in [0.3, 0.4) is 0 Å². The molecule has 3 atom stereocenters. The van der Waals surface area contributed by atoms with Crippen molar-refractivity contribution in [3.8, 4) is 0 Å². The van der Waals surface area contributed by atoms with Crippen molar-refractivity contribution in [1.29, 1.82) is 0 Å². The summed E-state index contributed by atoms with van der Waals surface area (Å²) in [6.45, 7) is 7.58. The maximum absolute atomic E-state index is 13.1. The highest BCUT2D eigenvalue weighted by molar-refractivity contribution is 5.80. The molecule has 6 heteroatoms. The van der Waals surface area contributed by atoms with Crippen LogP contribution in [0.25, 0.3) is 0 Å². The first-order chi connectivity index (χ1) is 11.3. The predicted molar refractivity (Wildman–Crippen MR) is 91.0 cm³/mol. The second kappa shape index (κ2) is 9.37. The highest BCUT2D eigenvalue weighted by Gasteiger charge is 2.24. The molecule has 0 heterocycles. The Labute approximate surface area is 142 Å². The molecule has 0 saturated heterocycles. The van der Waals surface area contributed by atoms with Crippen LogP contribution in [0, 0.1) is 17.7 Å². The second-order valence-electron chi connectivity index (χ2n) is 6.42. The highest BCUT2D eigenvalue weighted by atomic mass is 19.1. The molecule has 0 spiro atoms. The number of hydrogen-bond acceptors (Lipinski definition) is 3. The molecule has 0 fully saturated rings. The van der Waals surface area contributed by atoms with Gasteiger partial charge < -0.3 is 10.4 Å². The van der Waals surface area contributed by atoms with Gasteiger partial charge in [-0.1, -0.05) is 46.2 Å². The van der Waals surface area contributed by atoms with E-state index in [0.29, 0.717) is 6.42 Å². The van der Waals surface area contributed by atoms with Crippen molar-refractivity contribution >= 4 is 11.9 Å². The third-order valence-electron chi connectivity index (χ3n) is 4.17. The highest BCUT2D eigenvalue weighted by Crippen LogP contribution is 2.21. The molecule has 134 valence electrons. The number of carboxylic acid groups (broad SMARTS) is 1. The quantitative estimate of drug-likeness (QED) is 0.647. The summed E-state index contributed by atoms with van der Waals surface area (Å²) in [6.07, 6.45) is 0.704. The zero-order chi connectivity index (χ0) is 18.3. The number of rotatable bonds is 9. The lowest BCUT2D eigenvalue weighted by Gasteiger charge is -2.24. The Morgan fingerprint density at radius 2 is 1.75 bits per heavy atom. The lowest BCUT2D eigenvalue weighted by atomic mass is 9.96. The molecule has 0 aliphatic carbocycles. The van der Waals surface area contributed by atoms with Crippen LogP contribution in [0.1, 0.15) is 45.7 Å². The Bertz CT molecular complexity index is 546. The number of carbonyl (C=O) groups is 2. The number of carboxylic acids is 1. The van der Waals surface area contributed by atoms with Gasteiger partial charge in [-0.25, -0.2) is 4.39 Å². The predicted octanol–water partition coefficient (Wildman–Crippen LogP) is 2.73. The molecule has 24 heavy (non-hydrogen) atoms. The molecule has 0 aliphatic heterocycles. The van der Waals surface area contributed by atoms with Crippen LogP contribution in [0.5, 0.6) is 0 Å². The fraction of sp³-hybridized carbons (Fsp3) is 0.556. The fourth-order valence-corrected chi connectivity index (χ4v) is 2.50. The van der Waals surface area contributed by atoms with Gasteiger partial charge in [0.1, 0.15) is 11.9 Å². The van der Waals surface area contributed by atoms with E-state index in [0.717, 1.165) is 5.56 Å². The molecule has 0 aliphatic rings. The van der Waals surface area contributed by atoms with E-state index < -0.39 is 12.0 Å². The van der Waals surface area contributed by atoms with E-state index >= 15 is 0 Å². The summed E-state index contributed by atoms with van der Waals surface area (Å²) in [6, 6.07) is 4.99. The minimum atomic E-state index is -0.962. The van der Waals surface area contributed by atoms with Crippen molar-refractivity contribution in [1.82, 2.24) is 10.6 Å². The molecule has 1 rings (SSSR count). The van der Waals surface area contributed by atoms with Crippen LogP contribution in [-0.4, -0.2) is 29.6 Å². The van der Waals surface area contributed by atoms with E-state index in [1.165, 1.54) is 12.1 Å². The van der Waals surface area contributed by atoms with E-state index in [2.05, 4.69) is 10.6 Å². The lowest BCUT2D eigenvalue weighted by molar-refractivity contribution is -0.141. The summed E-state index contributed by atoms with van der Waals surface area (Å²) < 4.78 is 13.1. The van der Waals surface area contributed by atoms with Crippen molar-refractivity contribution in [3.63, 3.8) is 0 Å². The molecule has 1 aromatic rings. The van der Waals surface area contributed by atoms with Crippen molar-refractivity contribution in [2.75, 3.05) is 6.54 Å². The molecule has 0 radical (unpaired) electrons. The van der Waals surface area contributed by atoms with Crippen LogP contribution in [0.2, 0.25) is 0 Å². The van der Waals surface area contributed by atoms with Crippen LogP contribution in [0.15, 0.2) is 24.3 Å². The van der Waals surface area contributed by atoms with Crippen molar-refractivity contribution in [2.45, 2.75) is 46.2 Å². The van der Waals surface area contributed by atoms with Crippen LogP contribution in [0.4, 0.5) is 4.39 Å². The van der Waals surface area contributed by atoms with Crippen LogP contribution >= 0.6 is 0 Å². The topological polar surface area (TPSA) is 78.4 Å². The van der Waals surface area contributed by atoms with Gasteiger partial charge in [0.05, 0.1) is 12.6 Å². The summed E-state index contributed by atoms with van der Waals surface area (Å²) in [5, 5.41) is 14.9. The maximum Gasteiger partial charge on any atom is 0.320 e. The second-order valence-corrected chi connectivity index (χ2v) is 6.42. The fourth-order valence-electron chi connectivity index (χ4n) is 2.50. The zero-order valence-corrected chi connectivity index (χ0v) is 14.7. The van der Waals surface area contributed by atoms with Crippen molar-refractivity contribution in [3.05, 3.63) is 35.6 Å². The van der Waals surface area contributed by atoms with Crippen molar-refractivity contribution < 1.29 is 19.1 Å². The largest absolute Gasteiger partial charge is 0.480 e. The molecule has 1 amide bonds. The number of benzene rings is 1. The van der Waals surface area contributed by atoms with E-state index in [-0.39, 0.29) is 36.1 Å². The Kier molecular flexibility index (Phi) is 7.85. The van der Waals surface area contributed by atoms with Gasteiger partial charge in [-0.3, -0.25) is 14.9 Å². The molecule has 0 aromatic heterocycles. The average molecular weight is 338 g/mol.